The van der Waals surface area contributed by atoms with Crippen molar-refractivity contribution in [3.05, 3.63) is 0 Å². The molecule has 2 fully saturated rings. The van der Waals surface area contributed by atoms with Crippen LogP contribution in [-0.4, -0.2) is 36.5 Å². The van der Waals surface area contributed by atoms with Crippen LogP contribution in [-0.2, 0) is 4.79 Å². The molecule has 1 amide bonds. The highest BCUT2D eigenvalue weighted by atomic mass is 16.2. The number of nitrogens with one attached hydrogen (secondary N) is 1. The molecular formula is C16H30N2O. The molecule has 1 heterocycles. The van der Waals surface area contributed by atoms with Gasteiger partial charge in [-0.1, -0.05) is 32.6 Å². The summed E-state index contributed by atoms with van der Waals surface area (Å²) in [7, 11) is 0. The fourth-order valence-corrected chi connectivity index (χ4v) is 3.50. The highest BCUT2D eigenvalue weighted by Crippen LogP contribution is 2.28. The maximum atomic E-state index is 12.3. The maximum absolute atomic E-state index is 12.3. The van der Waals surface area contributed by atoms with Crippen molar-refractivity contribution in [1.82, 2.24) is 10.2 Å². The molecule has 3 nitrogen and oxygen atoms in total. The number of hydrogen-bond donors (Lipinski definition) is 1. The van der Waals surface area contributed by atoms with Crippen molar-refractivity contribution < 1.29 is 4.79 Å². The van der Waals surface area contributed by atoms with Crippen LogP contribution in [0, 0.1) is 5.92 Å². The zero-order valence-electron chi connectivity index (χ0n) is 12.5. The summed E-state index contributed by atoms with van der Waals surface area (Å²) < 4.78 is 0. The topological polar surface area (TPSA) is 32.3 Å². The Morgan fingerprint density at radius 1 is 1.21 bits per heavy atom. The second kappa shape index (κ2) is 7.88. The van der Waals surface area contributed by atoms with Crippen LogP contribution < -0.4 is 5.32 Å². The van der Waals surface area contributed by atoms with Crippen LogP contribution in [0.15, 0.2) is 0 Å². The second-order valence-electron chi connectivity index (χ2n) is 6.32. The van der Waals surface area contributed by atoms with Gasteiger partial charge in [-0.2, -0.15) is 0 Å². The number of hydrogen-bond acceptors (Lipinski definition) is 2. The lowest BCUT2D eigenvalue weighted by molar-refractivity contribution is -0.132. The third kappa shape index (κ3) is 4.79. The molecular weight excluding hydrogens is 236 g/mol. The zero-order valence-corrected chi connectivity index (χ0v) is 12.5. The van der Waals surface area contributed by atoms with Crippen LogP contribution in [0.5, 0.6) is 0 Å². The number of amides is 1. The molecule has 19 heavy (non-hydrogen) atoms. The third-order valence-electron chi connectivity index (χ3n) is 4.70. The molecule has 0 bridgehead atoms. The van der Waals surface area contributed by atoms with E-state index < -0.39 is 0 Å². The highest BCUT2D eigenvalue weighted by molar-refractivity contribution is 5.76. The molecule has 0 aromatic heterocycles. The fraction of sp³-hybridized carbons (Fsp3) is 0.938. The van der Waals surface area contributed by atoms with Crippen molar-refractivity contribution in [2.75, 3.05) is 19.6 Å². The molecule has 2 rings (SSSR count). The predicted octanol–water partition coefficient (Wildman–Crippen LogP) is 2.95. The number of carbonyl (C=O) groups excluding carboxylic acids is 1. The van der Waals surface area contributed by atoms with E-state index in [4.69, 9.17) is 0 Å². The zero-order chi connectivity index (χ0) is 13.5. The summed E-state index contributed by atoms with van der Waals surface area (Å²) in [5.74, 6) is 1.23. The number of carbonyl (C=O) groups is 1. The minimum absolute atomic E-state index is 0.398. The average molecular weight is 266 g/mol. The number of rotatable bonds is 6. The molecule has 1 unspecified atom stereocenters. The summed E-state index contributed by atoms with van der Waals surface area (Å²) in [5.41, 5.74) is 0. The number of likely N-dealkylation sites (tertiary alicyclic amines) is 1. The Balaban J connectivity index is 1.68. The lowest BCUT2D eigenvalue weighted by Gasteiger charge is -2.33. The number of nitrogens with zero attached hydrogens (tertiary/aromatic N) is 1. The summed E-state index contributed by atoms with van der Waals surface area (Å²) in [6, 6.07) is 0.532. The molecule has 1 atom stereocenters. The van der Waals surface area contributed by atoms with Gasteiger partial charge in [0.25, 0.3) is 0 Å². The van der Waals surface area contributed by atoms with Crippen molar-refractivity contribution in [1.29, 1.82) is 0 Å². The Labute approximate surface area is 118 Å². The van der Waals surface area contributed by atoms with Crippen molar-refractivity contribution in [2.45, 2.75) is 70.8 Å². The van der Waals surface area contributed by atoms with E-state index in [1.807, 2.05) is 0 Å². The SMILES string of the molecule is CCCNC1CCCN(C(=O)CCC2CCCC2)C1. The van der Waals surface area contributed by atoms with Gasteiger partial charge in [-0.3, -0.25) is 4.79 Å². The van der Waals surface area contributed by atoms with Gasteiger partial charge < -0.3 is 10.2 Å². The summed E-state index contributed by atoms with van der Waals surface area (Å²) in [5, 5.41) is 3.56. The average Bonchev–Trinajstić information content (AvgIpc) is 2.96. The first-order chi connectivity index (χ1) is 9.29. The van der Waals surface area contributed by atoms with E-state index in [-0.39, 0.29) is 0 Å². The Kier molecular flexibility index (Phi) is 6.15. The van der Waals surface area contributed by atoms with Crippen LogP contribution in [0.3, 0.4) is 0 Å². The van der Waals surface area contributed by atoms with E-state index in [9.17, 15) is 4.79 Å². The van der Waals surface area contributed by atoms with Crippen LogP contribution in [0.1, 0.15) is 64.7 Å². The first-order valence-electron chi connectivity index (χ1n) is 8.30. The summed E-state index contributed by atoms with van der Waals surface area (Å²) in [6.45, 7) is 5.19. The Hall–Kier alpha value is -0.570. The van der Waals surface area contributed by atoms with Crippen LogP contribution >= 0.6 is 0 Å². The van der Waals surface area contributed by atoms with E-state index >= 15 is 0 Å². The lowest BCUT2D eigenvalue weighted by Crippen LogP contribution is -2.48. The maximum Gasteiger partial charge on any atom is 0.222 e. The molecule has 1 saturated heterocycles. The fourth-order valence-electron chi connectivity index (χ4n) is 3.50. The first-order valence-corrected chi connectivity index (χ1v) is 8.30. The van der Waals surface area contributed by atoms with Gasteiger partial charge in [0.1, 0.15) is 0 Å². The molecule has 1 saturated carbocycles. The summed E-state index contributed by atoms with van der Waals surface area (Å²) >= 11 is 0. The highest BCUT2D eigenvalue weighted by Gasteiger charge is 2.24. The van der Waals surface area contributed by atoms with E-state index in [1.165, 1.54) is 38.5 Å². The van der Waals surface area contributed by atoms with Gasteiger partial charge in [0.05, 0.1) is 0 Å². The van der Waals surface area contributed by atoms with Gasteiger partial charge in [-0.05, 0) is 38.1 Å². The molecule has 0 spiro atoms. The Morgan fingerprint density at radius 3 is 2.74 bits per heavy atom. The molecule has 0 radical (unpaired) electrons. The van der Waals surface area contributed by atoms with Crippen molar-refractivity contribution >= 4 is 5.91 Å². The Morgan fingerprint density at radius 2 is 2.00 bits per heavy atom. The second-order valence-corrected chi connectivity index (χ2v) is 6.32. The molecule has 0 aromatic carbocycles. The van der Waals surface area contributed by atoms with Gasteiger partial charge >= 0.3 is 0 Å². The van der Waals surface area contributed by atoms with Gasteiger partial charge in [-0.15, -0.1) is 0 Å². The molecule has 1 aliphatic carbocycles. The van der Waals surface area contributed by atoms with Crippen LogP contribution in [0.2, 0.25) is 0 Å². The predicted molar refractivity (Wildman–Crippen MR) is 79.1 cm³/mol. The van der Waals surface area contributed by atoms with Crippen LogP contribution in [0.25, 0.3) is 0 Å². The lowest BCUT2D eigenvalue weighted by atomic mass is 10.00. The van der Waals surface area contributed by atoms with E-state index in [2.05, 4.69) is 17.1 Å². The molecule has 1 aliphatic heterocycles. The van der Waals surface area contributed by atoms with Gasteiger partial charge in [0.15, 0.2) is 0 Å². The standard InChI is InChI=1S/C16H30N2O/c1-2-11-17-15-8-5-12-18(13-15)16(19)10-9-14-6-3-4-7-14/h14-15,17H,2-13H2,1H3. The monoisotopic (exact) mass is 266 g/mol. The minimum Gasteiger partial charge on any atom is -0.341 e. The molecule has 2 aliphatic rings. The van der Waals surface area contributed by atoms with E-state index in [0.29, 0.717) is 11.9 Å². The van der Waals surface area contributed by atoms with Gasteiger partial charge in [0, 0.05) is 25.6 Å². The van der Waals surface area contributed by atoms with Crippen LogP contribution in [0.4, 0.5) is 0 Å². The van der Waals surface area contributed by atoms with Crippen molar-refractivity contribution in [3.63, 3.8) is 0 Å². The van der Waals surface area contributed by atoms with E-state index in [0.717, 1.165) is 44.8 Å². The van der Waals surface area contributed by atoms with Gasteiger partial charge in [0.2, 0.25) is 5.91 Å². The van der Waals surface area contributed by atoms with E-state index in [1.54, 1.807) is 0 Å². The molecule has 1 N–H and O–H groups in total. The quantitative estimate of drug-likeness (QED) is 0.801. The Bertz CT molecular complexity index is 274. The van der Waals surface area contributed by atoms with Gasteiger partial charge in [-0.25, -0.2) is 0 Å². The number of piperidine rings is 1. The minimum atomic E-state index is 0.398. The molecule has 110 valence electrons. The third-order valence-corrected chi connectivity index (χ3v) is 4.70. The first kappa shape index (κ1) is 14.8. The molecule has 0 aromatic rings. The van der Waals surface area contributed by atoms with Crippen molar-refractivity contribution in [2.24, 2.45) is 5.92 Å². The summed E-state index contributed by atoms with van der Waals surface area (Å²) in [4.78, 5) is 14.4. The normalized spacial score (nSPS) is 24.9. The van der Waals surface area contributed by atoms with Crippen molar-refractivity contribution in [3.8, 4) is 0 Å². The largest absolute Gasteiger partial charge is 0.341 e. The molecule has 3 heteroatoms. The smallest absolute Gasteiger partial charge is 0.222 e. The summed E-state index contributed by atoms with van der Waals surface area (Å²) in [6.07, 6.45) is 10.9.